The molecular formula is C15H20N2O4. The van der Waals surface area contributed by atoms with Crippen molar-refractivity contribution in [2.45, 2.75) is 32.9 Å². The molecule has 1 aromatic carbocycles. The first-order chi connectivity index (χ1) is 9.80. The van der Waals surface area contributed by atoms with Gasteiger partial charge in [0.2, 0.25) is 6.54 Å². The molecule has 1 amide bonds. The monoisotopic (exact) mass is 292 g/mol. The van der Waals surface area contributed by atoms with Crippen molar-refractivity contribution < 1.29 is 14.5 Å². The molecule has 1 fully saturated rings. The molecule has 6 heteroatoms. The van der Waals surface area contributed by atoms with Crippen molar-refractivity contribution in [2.75, 3.05) is 13.2 Å². The topological polar surface area (TPSA) is 72.7 Å². The summed E-state index contributed by atoms with van der Waals surface area (Å²) in [5, 5.41) is 11.0. The molecule has 21 heavy (non-hydrogen) atoms. The van der Waals surface area contributed by atoms with Gasteiger partial charge in [-0.25, -0.2) is 4.79 Å². The molecule has 0 spiro atoms. The molecule has 0 radical (unpaired) electrons. The van der Waals surface area contributed by atoms with Gasteiger partial charge in [-0.3, -0.25) is 15.0 Å². The van der Waals surface area contributed by atoms with Crippen molar-refractivity contribution in [3.63, 3.8) is 0 Å². The first kappa shape index (κ1) is 15.3. The van der Waals surface area contributed by atoms with E-state index in [9.17, 15) is 14.9 Å². The van der Waals surface area contributed by atoms with E-state index >= 15 is 0 Å². The summed E-state index contributed by atoms with van der Waals surface area (Å²) in [6.45, 7) is 5.63. The number of hydrogen-bond donors (Lipinski definition) is 0. The van der Waals surface area contributed by atoms with Gasteiger partial charge < -0.3 is 4.74 Å². The summed E-state index contributed by atoms with van der Waals surface area (Å²) in [5.41, 5.74) is 0.518. The number of carbonyl (C=O) groups is 1. The first-order valence-electron chi connectivity index (χ1n) is 6.92. The van der Waals surface area contributed by atoms with Gasteiger partial charge in [0.25, 0.3) is 0 Å². The number of amides is 1. The Balaban J connectivity index is 2.36. The molecule has 0 unspecified atom stereocenters. The second kappa shape index (κ2) is 5.71. The van der Waals surface area contributed by atoms with Crippen LogP contribution in [-0.4, -0.2) is 35.1 Å². The Morgan fingerprint density at radius 1 is 1.38 bits per heavy atom. The molecule has 0 bridgehead atoms. The smallest absolute Gasteiger partial charge is 0.410 e. The Kier molecular flexibility index (Phi) is 4.16. The summed E-state index contributed by atoms with van der Waals surface area (Å²) in [6.07, 6.45) is -0.481. The van der Waals surface area contributed by atoms with Gasteiger partial charge in [-0.2, -0.15) is 0 Å². The Labute approximate surface area is 123 Å². The van der Waals surface area contributed by atoms with Crippen LogP contribution in [0.15, 0.2) is 30.3 Å². The highest BCUT2D eigenvalue weighted by Crippen LogP contribution is 2.36. The number of ether oxygens (including phenoxy) is 1. The molecular weight excluding hydrogens is 272 g/mol. The summed E-state index contributed by atoms with van der Waals surface area (Å²) in [6, 6.07) is 8.68. The fraction of sp³-hybridized carbons (Fsp3) is 0.533. The van der Waals surface area contributed by atoms with Gasteiger partial charge in [-0.1, -0.05) is 51.1 Å². The highest BCUT2D eigenvalue weighted by Gasteiger charge is 2.45. The second-order valence-corrected chi connectivity index (χ2v) is 6.31. The number of nitrogens with zero attached hydrogens (tertiary/aromatic N) is 2. The number of benzene rings is 1. The third-order valence-electron chi connectivity index (χ3n) is 3.75. The first-order valence-corrected chi connectivity index (χ1v) is 6.92. The van der Waals surface area contributed by atoms with Crippen molar-refractivity contribution in [1.82, 2.24) is 4.90 Å². The molecule has 2 rings (SSSR count). The van der Waals surface area contributed by atoms with Crippen LogP contribution in [0.25, 0.3) is 0 Å². The Morgan fingerprint density at radius 2 is 2.00 bits per heavy atom. The molecule has 1 heterocycles. The third kappa shape index (κ3) is 3.32. The zero-order chi connectivity index (χ0) is 15.6. The zero-order valence-electron chi connectivity index (χ0n) is 12.5. The molecule has 0 aliphatic carbocycles. The van der Waals surface area contributed by atoms with E-state index in [1.165, 1.54) is 4.90 Å². The number of nitro groups is 1. The van der Waals surface area contributed by atoms with Gasteiger partial charge >= 0.3 is 6.09 Å². The highest BCUT2D eigenvalue weighted by atomic mass is 16.6. The lowest BCUT2D eigenvalue weighted by atomic mass is 9.84. The van der Waals surface area contributed by atoms with E-state index in [0.29, 0.717) is 0 Å². The Bertz CT molecular complexity index is 524. The van der Waals surface area contributed by atoms with E-state index in [1.807, 2.05) is 51.1 Å². The molecule has 114 valence electrons. The predicted octanol–water partition coefficient (Wildman–Crippen LogP) is 2.87. The minimum atomic E-state index is -0.521. The molecule has 0 saturated carbocycles. The summed E-state index contributed by atoms with van der Waals surface area (Å²) >= 11 is 0. The van der Waals surface area contributed by atoms with Crippen molar-refractivity contribution in [3.05, 3.63) is 46.0 Å². The average molecular weight is 292 g/mol. The molecule has 6 nitrogen and oxygen atoms in total. The maximum absolute atomic E-state index is 12.1. The van der Waals surface area contributed by atoms with E-state index < -0.39 is 17.6 Å². The van der Waals surface area contributed by atoms with Crippen LogP contribution >= 0.6 is 0 Å². The summed E-state index contributed by atoms with van der Waals surface area (Å²) in [5.74, 6) is 0. The lowest BCUT2D eigenvalue weighted by molar-refractivity contribution is -0.489. The van der Waals surface area contributed by atoms with Gasteiger partial charge in [0.15, 0.2) is 0 Å². The predicted molar refractivity (Wildman–Crippen MR) is 77.5 cm³/mol. The molecule has 1 aromatic rings. The van der Waals surface area contributed by atoms with Crippen LogP contribution in [0.2, 0.25) is 0 Å². The van der Waals surface area contributed by atoms with Gasteiger partial charge in [-0.05, 0) is 11.0 Å². The lowest BCUT2D eigenvalue weighted by Crippen LogP contribution is -2.49. The Hall–Kier alpha value is -2.11. The SMILES string of the molecule is CC(C)(C)[C@H](C[N+](=O)[O-])N1C(=O)OC[C@H]1c1ccccc1. The van der Waals surface area contributed by atoms with Gasteiger partial charge in [0, 0.05) is 4.92 Å². The molecule has 2 atom stereocenters. The highest BCUT2D eigenvalue weighted by molar-refractivity contribution is 5.71. The van der Waals surface area contributed by atoms with E-state index in [-0.39, 0.29) is 24.1 Å². The molecule has 1 aliphatic rings. The summed E-state index contributed by atoms with van der Waals surface area (Å²) in [4.78, 5) is 24.3. The van der Waals surface area contributed by atoms with Crippen LogP contribution in [0.5, 0.6) is 0 Å². The van der Waals surface area contributed by atoms with Crippen LogP contribution in [0.4, 0.5) is 4.79 Å². The molecule has 0 aromatic heterocycles. The van der Waals surface area contributed by atoms with Gasteiger partial charge in [0.1, 0.15) is 12.6 Å². The normalized spacial score (nSPS) is 20.2. The summed E-state index contributed by atoms with van der Waals surface area (Å²) < 4.78 is 5.15. The number of hydrogen-bond acceptors (Lipinski definition) is 4. The van der Waals surface area contributed by atoms with Crippen LogP contribution in [0.1, 0.15) is 32.4 Å². The number of carbonyl (C=O) groups excluding carboxylic acids is 1. The van der Waals surface area contributed by atoms with Crippen LogP contribution in [-0.2, 0) is 4.74 Å². The zero-order valence-corrected chi connectivity index (χ0v) is 12.5. The van der Waals surface area contributed by atoms with Crippen molar-refractivity contribution >= 4 is 6.09 Å². The van der Waals surface area contributed by atoms with Crippen molar-refractivity contribution in [2.24, 2.45) is 5.41 Å². The van der Waals surface area contributed by atoms with E-state index in [0.717, 1.165) is 5.56 Å². The van der Waals surface area contributed by atoms with Crippen LogP contribution < -0.4 is 0 Å². The maximum atomic E-state index is 12.1. The fourth-order valence-corrected chi connectivity index (χ4v) is 2.63. The standard InChI is InChI=1S/C15H20N2O4/c1-15(2,3)13(9-16(19)20)17-12(10-21-14(17)18)11-7-5-4-6-8-11/h4-8,12-13H,9-10H2,1-3H3/t12-,13-/m0/s1. The Morgan fingerprint density at radius 3 is 2.52 bits per heavy atom. The third-order valence-corrected chi connectivity index (χ3v) is 3.75. The number of cyclic esters (lactones) is 1. The fourth-order valence-electron chi connectivity index (χ4n) is 2.63. The second-order valence-electron chi connectivity index (χ2n) is 6.31. The lowest BCUT2D eigenvalue weighted by Gasteiger charge is -2.36. The quantitative estimate of drug-likeness (QED) is 0.632. The summed E-state index contributed by atoms with van der Waals surface area (Å²) in [7, 11) is 0. The van der Waals surface area contributed by atoms with Gasteiger partial charge in [0.05, 0.1) is 6.04 Å². The number of rotatable bonds is 4. The minimum absolute atomic E-state index is 0.229. The van der Waals surface area contributed by atoms with Crippen LogP contribution in [0, 0.1) is 15.5 Å². The van der Waals surface area contributed by atoms with Gasteiger partial charge in [-0.15, -0.1) is 0 Å². The van der Waals surface area contributed by atoms with E-state index in [4.69, 9.17) is 4.74 Å². The van der Waals surface area contributed by atoms with Crippen molar-refractivity contribution in [1.29, 1.82) is 0 Å². The average Bonchev–Trinajstić information content (AvgIpc) is 2.77. The largest absolute Gasteiger partial charge is 0.447 e. The van der Waals surface area contributed by atoms with Crippen LogP contribution in [0.3, 0.4) is 0 Å². The maximum Gasteiger partial charge on any atom is 0.410 e. The minimum Gasteiger partial charge on any atom is -0.447 e. The molecule has 1 aliphatic heterocycles. The molecule has 1 saturated heterocycles. The van der Waals surface area contributed by atoms with E-state index in [2.05, 4.69) is 0 Å². The molecule has 0 N–H and O–H groups in total. The van der Waals surface area contributed by atoms with E-state index in [1.54, 1.807) is 0 Å². The van der Waals surface area contributed by atoms with Crippen molar-refractivity contribution in [3.8, 4) is 0 Å².